The molecule has 0 amide bonds. The minimum atomic E-state index is -2.63. The van der Waals surface area contributed by atoms with Crippen LogP contribution in [0, 0.1) is 0 Å². The second-order valence-corrected chi connectivity index (χ2v) is 3.60. The fourth-order valence-corrected chi connectivity index (χ4v) is 1.05. The lowest BCUT2D eigenvalue weighted by atomic mass is 10.1. The van der Waals surface area contributed by atoms with Crippen LogP contribution in [-0.2, 0) is 18.6 Å². The molecular formula is C6H12O5P+. The van der Waals surface area contributed by atoms with Crippen LogP contribution in [0.25, 0.3) is 0 Å². The fourth-order valence-electron chi connectivity index (χ4n) is 0.629. The van der Waals surface area contributed by atoms with Gasteiger partial charge in [0.05, 0.1) is 0 Å². The lowest BCUT2D eigenvalue weighted by Crippen LogP contribution is -2.31. The Bertz CT molecular complexity index is 188. The maximum absolute atomic E-state index is 10.5. The molecule has 0 aromatic rings. The van der Waals surface area contributed by atoms with E-state index in [0.29, 0.717) is 0 Å². The number of hydrogen-bond donors (Lipinski definition) is 1. The Labute approximate surface area is 71.6 Å². The monoisotopic (exact) mass is 195 g/mol. The maximum Gasteiger partial charge on any atom is 0.694 e. The van der Waals surface area contributed by atoms with Crippen LogP contribution in [0.2, 0.25) is 0 Å². The van der Waals surface area contributed by atoms with E-state index in [2.05, 4.69) is 4.52 Å². The molecule has 0 aromatic carbocycles. The molecule has 1 unspecified atom stereocenters. The van der Waals surface area contributed by atoms with Crippen LogP contribution < -0.4 is 0 Å². The lowest BCUT2D eigenvalue weighted by molar-refractivity contribution is -0.156. The zero-order valence-corrected chi connectivity index (χ0v) is 8.13. The first-order chi connectivity index (χ1) is 5.33. The minimum Gasteiger partial charge on any atom is -0.457 e. The van der Waals surface area contributed by atoms with Gasteiger partial charge in [0.1, 0.15) is 12.2 Å². The second-order valence-electron chi connectivity index (χ2n) is 2.86. The van der Waals surface area contributed by atoms with Crippen LogP contribution >= 0.6 is 8.25 Å². The average molecular weight is 195 g/mol. The SMILES string of the molecule is CC(=O)OC(C)(C)CO[P+](=O)O. The third-order valence-electron chi connectivity index (χ3n) is 0.943. The van der Waals surface area contributed by atoms with E-state index in [1.54, 1.807) is 13.8 Å². The number of carbonyl (C=O) groups excluding carboxylic acids is 1. The molecule has 5 nitrogen and oxygen atoms in total. The largest absolute Gasteiger partial charge is 0.694 e. The van der Waals surface area contributed by atoms with Crippen LogP contribution in [0.5, 0.6) is 0 Å². The summed E-state index contributed by atoms with van der Waals surface area (Å²) in [6.45, 7) is 4.35. The Morgan fingerprint density at radius 3 is 2.42 bits per heavy atom. The van der Waals surface area contributed by atoms with Crippen molar-refractivity contribution in [2.75, 3.05) is 6.61 Å². The van der Waals surface area contributed by atoms with Crippen LogP contribution in [0.4, 0.5) is 0 Å². The Kier molecular flexibility index (Phi) is 4.31. The second kappa shape index (κ2) is 4.50. The summed E-state index contributed by atoms with van der Waals surface area (Å²) >= 11 is 0. The molecule has 0 aliphatic rings. The Hall–Kier alpha value is -0.510. The summed E-state index contributed by atoms with van der Waals surface area (Å²) in [4.78, 5) is 18.8. The van der Waals surface area contributed by atoms with Crippen LogP contribution in [0.3, 0.4) is 0 Å². The average Bonchev–Trinajstić information content (AvgIpc) is 1.81. The van der Waals surface area contributed by atoms with Crippen molar-refractivity contribution >= 4 is 14.2 Å². The van der Waals surface area contributed by atoms with Gasteiger partial charge < -0.3 is 4.74 Å². The summed E-state index contributed by atoms with van der Waals surface area (Å²) in [6.07, 6.45) is 0. The van der Waals surface area contributed by atoms with Gasteiger partial charge in [-0.25, -0.2) is 0 Å². The molecule has 0 saturated carbocycles. The predicted molar refractivity (Wildman–Crippen MR) is 41.6 cm³/mol. The number of rotatable bonds is 4. The Balaban J connectivity index is 3.86. The number of hydrogen-bond acceptors (Lipinski definition) is 4. The van der Waals surface area contributed by atoms with Gasteiger partial charge in [-0.1, -0.05) is 0 Å². The highest BCUT2D eigenvalue weighted by atomic mass is 31.1. The highest BCUT2D eigenvalue weighted by molar-refractivity contribution is 7.32. The third-order valence-corrected chi connectivity index (χ3v) is 1.29. The van der Waals surface area contributed by atoms with Crippen molar-refractivity contribution in [2.45, 2.75) is 26.4 Å². The maximum atomic E-state index is 10.5. The van der Waals surface area contributed by atoms with E-state index >= 15 is 0 Å². The Morgan fingerprint density at radius 2 is 2.08 bits per heavy atom. The molecular weight excluding hydrogens is 183 g/mol. The molecule has 0 rings (SSSR count). The van der Waals surface area contributed by atoms with Gasteiger partial charge in [0, 0.05) is 11.5 Å². The number of esters is 1. The van der Waals surface area contributed by atoms with Gasteiger partial charge in [0.15, 0.2) is 0 Å². The van der Waals surface area contributed by atoms with Gasteiger partial charge in [-0.3, -0.25) is 4.79 Å². The molecule has 0 heterocycles. The highest BCUT2D eigenvalue weighted by Crippen LogP contribution is 2.20. The molecule has 0 radical (unpaired) electrons. The molecule has 0 aliphatic heterocycles. The van der Waals surface area contributed by atoms with E-state index in [1.165, 1.54) is 6.92 Å². The summed E-state index contributed by atoms with van der Waals surface area (Å²) in [6, 6.07) is 0. The molecule has 0 aliphatic carbocycles. The molecule has 70 valence electrons. The quantitative estimate of drug-likeness (QED) is 0.535. The van der Waals surface area contributed by atoms with E-state index in [4.69, 9.17) is 9.63 Å². The number of carbonyl (C=O) groups is 1. The van der Waals surface area contributed by atoms with Crippen molar-refractivity contribution in [2.24, 2.45) is 0 Å². The minimum absolute atomic E-state index is 0.0989. The topological polar surface area (TPSA) is 72.8 Å². The van der Waals surface area contributed by atoms with Gasteiger partial charge in [-0.2, -0.15) is 0 Å². The molecule has 0 bridgehead atoms. The Morgan fingerprint density at radius 1 is 1.58 bits per heavy atom. The van der Waals surface area contributed by atoms with E-state index in [1.807, 2.05) is 0 Å². The molecule has 0 aromatic heterocycles. The van der Waals surface area contributed by atoms with Gasteiger partial charge in [0.2, 0.25) is 0 Å². The van der Waals surface area contributed by atoms with Gasteiger partial charge in [0.25, 0.3) is 0 Å². The molecule has 0 spiro atoms. The van der Waals surface area contributed by atoms with Crippen LogP contribution in [-0.4, -0.2) is 23.1 Å². The summed E-state index contributed by atoms with van der Waals surface area (Å²) in [5, 5.41) is 0. The van der Waals surface area contributed by atoms with E-state index in [-0.39, 0.29) is 6.61 Å². The first-order valence-corrected chi connectivity index (χ1v) is 4.45. The van der Waals surface area contributed by atoms with Crippen molar-refractivity contribution in [3.63, 3.8) is 0 Å². The predicted octanol–water partition coefficient (Wildman–Crippen LogP) is 0.994. The first kappa shape index (κ1) is 11.5. The number of ether oxygens (including phenoxy) is 1. The van der Waals surface area contributed by atoms with Crippen molar-refractivity contribution in [3.05, 3.63) is 0 Å². The van der Waals surface area contributed by atoms with E-state index in [9.17, 15) is 9.36 Å². The highest BCUT2D eigenvalue weighted by Gasteiger charge is 2.27. The van der Waals surface area contributed by atoms with Crippen LogP contribution in [0.15, 0.2) is 0 Å². The standard InChI is InChI=1S/C6H11O5P/c1-5(7)11-6(2,3)4-10-12(8)9/h4H2,1-3H3/p+1. The normalized spacial score (nSPS) is 12.5. The van der Waals surface area contributed by atoms with Gasteiger partial charge in [-0.05, 0) is 13.8 Å². The van der Waals surface area contributed by atoms with Crippen molar-refractivity contribution in [1.82, 2.24) is 0 Å². The zero-order valence-electron chi connectivity index (χ0n) is 7.23. The third kappa shape index (κ3) is 6.22. The fraction of sp³-hybridized carbons (Fsp3) is 0.833. The molecule has 0 saturated heterocycles. The summed E-state index contributed by atoms with van der Waals surface area (Å²) in [7, 11) is -2.63. The summed E-state index contributed by atoms with van der Waals surface area (Å²) < 4.78 is 19.3. The van der Waals surface area contributed by atoms with Gasteiger partial charge >= 0.3 is 14.2 Å². The zero-order chi connectivity index (χ0) is 9.78. The molecule has 1 N–H and O–H groups in total. The van der Waals surface area contributed by atoms with Crippen LogP contribution in [0.1, 0.15) is 20.8 Å². The first-order valence-electron chi connectivity index (χ1n) is 3.32. The van der Waals surface area contributed by atoms with E-state index in [0.717, 1.165) is 0 Å². The van der Waals surface area contributed by atoms with Gasteiger partial charge in [-0.15, -0.1) is 9.42 Å². The molecule has 12 heavy (non-hydrogen) atoms. The van der Waals surface area contributed by atoms with E-state index < -0.39 is 19.8 Å². The summed E-state index contributed by atoms with van der Waals surface area (Å²) in [5.74, 6) is -0.447. The molecule has 6 heteroatoms. The molecule has 0 fully saturated rings. The van der Waals surface area contributed by atoms with Crippen molar-refractivity contribution in [1.29, 1.82) is 0 Å². The van der Waals surface area contributed by atoms with Crippen molar-refractivity contribution in [3.8, 4) is 0 Å². The smallest absolute Gasteiger partial charge is 0.457 e. The lowest BCUT2D eigenvalue weighted by Gasteiger charge is -2.20. The van der Waals surface area contributed by atoms with Crippen molar-refractivity contribution < 1.29 is 23.5 Å². The summed E-state index contributed by atoms with van der Waals surface area (Å²) in [5.41, 5.74) is -0.862. The molecule has 1 atom stereocenters.